The fraction of sp³-hybridized carbons (Fsp3) is 0.711. The number of unbranched alkanes of at least 4 members (excludes halogenated alkanes) is 24. The van der Waals surface area contributed by atoms with Crippen molar-refractivity contribution in [2.45, 2.75) is 268 Å². The molecule has 49 nitrogen and oxygen atoms in total. The first kappa shape index (κ1) is 125. The molecule has 2 saturated heterocycles. The van der Waals surface area contributed by atoms with E-state index < -0.39 is 276 Å². The third-order valence-electron chi connectivity index (χ3n) is 21.4. The molecular formula is C90H148N17O32PS. The second-order valence-corrected chi connectivity index (χ2v) is 36.4. The normalized spacial score (nSPS) is 14.0. The van der Waals surface area contributed by atoms with E-state index in [2.05, 4.69) is 107 Å². The van der Waals surface area contributed by atoms with Crippen LogP contribution in [0.3, 0.4) is 0 Å². The number of phosphoric acid groups is 1. The van der Waals surface area contributed by atoms with Crippen molar-refractivity contribution in [1.29, 1.82) is 0 Å². The number of carbonyl (C=O) groups is 22. The number of carboxylic acid groups (broad SMARTS) is 4. The Kier molecular flexibility index (Phi) is 68.2. The van der Waals surface area contributed by atoms with Gasteiger partial charge in [0, 0.05) is 56.2 Å². The van der Waals surface area contributed by atoms with Crippen LogP contribution in [0.15, 0.2) is 24.3 Å². The Balaban J connectivity index is 1.73. The number of ether oxygens (including phenoxy) is 2. The fourth-order valence-corrected chi connectivity index (χ4v) is 16.0. The standard InChI is InChI=1S/C90H148N17O32PS/c1-3-5-7-9-11-13-15-17-19-21-23-25-27-29-31-41-87(131)136-61-65(139-88(132)42-32-30-28-26-24-22-20-18-16-14-12-10-8-6-4-2)62-137-140(134,135)138-64-101-70(110)40-36-35-39-69(109)94-46-72(112)98-52-82(122)107(60-86(129)130)56-78(118)96-48-74(114)100-50-80(120)105(58-84(125)126)54-76(116)92-44-43-91-75(115)53-104(57-83(123)124)79(119)49-99-73(113)47-95-77(117)55-106(59-85(127)128)81(121)51-97-71(111)45-93-68(108)38-34-33-37-67-89-66(63-141-67)102-90(133)103-89/h17-20,65-67,89H,3-16,21-64H2,1-2H3,(H,91,115)(H,92,116)(H,93,108)(H,94,109)(H,95,117)(H,96,118)(H,97,111)(H,98,112)(H,99,113)(H,100,114)(H,101,110)(H,123,124)(H,125,126)(H,127,128)(H,129,130)(H,134,135)(H2,102,103,133)/b19-17+,20-18+/t65?,66-,67?,89-/m0/s1. The van der Waals surface area contributed by atoms with E-state index in [9.17, 15) is 135 Å². The Bertz CT molecular complexity index is 4110. The van der Waals surface area contributed by atoms with Gasteiger partial charge in [0.15, 0.2) is 6.10 Å². The highest BCUT2D eigenvalue weighted by molar-refractivity contribution is 8.00. The summed E-state index contributed by atoms with van der Waals surface area (Å²) < 4.78 is 33.9. The Labute approximate surface area is 825 Å². The molecule has 2 aliphatic rings. The molecule has 3 unspecified atom stereocenters. The van der Waals surface area contributed by atoms with Gasteiger partial charge in [-0.1, -0.05) is 147 Å². The Hall–Kier alpha value is -11.9. The summed E-state index contributed by atoms with van der Waals surface area (Å²) in [6.07, 6.45) is 37.8. The third-order valence-corrected chi connectivity index (χ3v) is 23.9. The van der Waals surface area contributed by atoms with E-state index >= 15 is 0 Å². The lowest BCUT2D eigenvalue weighted by atomic mass is 10.0. The molecule has 0 aromatic rings. The van der Waals surface area contributed by atoms with Crippen molar-refractivity contribution in [3.05, 3.63) is 24.3 Å². The van der Waals surface area contributed by atoms with E-state index in [1.54, 1.807) is 11.8 Å². The summed E-state index contributed by atoms with van der Waals surface area (Å²) in [5, 5.41) is 67.8. The van der Waals surface area contributed by atoms with Crippen LogP contribution in [0.2, 0.25) is 0 Å². The lowest BCUT2D eigenvalue weighted by Crippen LogP contribution is -2.50. The molecular weight excluding hydrogens is 1890 g/mol. The minimum absolute atomic E-state index is 0.0114. The quantitative estimate of drug-likeness (QED) is 0.0100. The van der Waals surface area contributed by atoms with Crippen LogP contribution in [0, 0.1) is 0 Å². The number of urea groups is 1. The third kappa shape index (κ3) is 67.2. The van der Waals surface area contributed by atoms with Crippen molar-refractivity contribution in [2.75, 3.05) is 144 Å². The lowest BCUT2D eigenvalue weighted by molar-refractivity contribution is -0.161. The smallest absolute Gasteiger partial charge is 0.474 e. The zero-order valence-electron chi connectivity index (χ0n) is 81.0. The van der Waals surface area contributed by atoms with Crippen molar-refractivity contribution in [3.63, 3.8) is 0 Å². The average Bonchev–Trinajstić information content (AvgIpc) is 1.66. The molecule has 0 radical (unpaired) electrons. The van der Waals surface area contributed by atoms with Crippen LogP contribution in [0.1, 0.15) is 245 Å². The number of aliphatic carboxylic acids is 4. The van der Waals surface area contributed by atoms with Gasteiger partial charge >= 0.3 is 49.7 Å². The number of amides is 17. The second-order valence-electron chi connectivity index (χ2n) is 33.7. The number of thioether (sulfide) groups is 1. The molecule has 0 saturated carbocycles. The van der Waals surface area contributed by atoms with Crippen LogP contribution in [-0.4, -0.2) is 342 Å². The number of nitrogens with one attached hydrogen (secondary N) is 13. The van der Waals surface area contributed by atoms with Crippen LogP contribution in [-0.2, 0) is 124 Å². The van der Waals surface area contributed by atoms with Gasteiger partial charge in [-0.05, 0) is 89.9 Å². The fourth-order valence-electron chi connectivity index (χ4n) is 13.8. The minimum Gasteiger partial charge on any atom is -0.480 e. The lowest BCUT2D eigenvalue weighted by Gasteiger charge is -2.22. The molecule has 0 aliphatic carbocycles. The van der Waals surface area contributed by atoms with Crippen molar-refractivity contribution in [1.82, 2.24) is 88.7 Å². The molecule has 796 valence electrons. The predicted octanol–water partition coefficient (Wildman–Crippen LogP) is 0.825. The molecule has 0 spiro atoms. The summed E-state index contributed by atoms with van der Waals surface area (Å²) in [6.45, 7) is -12.9. The van der Waals surface area contributed by atoms with Crippen LogP contribution in [0.25, 0.3) is 0 Å². The summed E-state index contributed by atoms with van der Waals surface area (Å²) in [6, 6.07) is -0.145. The van der Waals surface area contributed by atoms with Gasteiger partial charge in [-0.15, -0.1) is 0 Å². The molecule has 5 atom stereocenters. The number of carboxylic acids is 4. The first-order chi connectivity index (χ1) is 67.4. The van der Waals surface area contributed by atoms with Crippen molar-refractivity contribution >= 4 is 150 Å². The minimum atomic E-state index is -4.90. The predicted molar refractivity (Wildman–Crippen MR) is 509 cm³/mol. The van der Waals surface area contributed by atoms with Gasteiger partial charge in [0.25, 0.3) is 0 Å². The molecule has 17 amide bonds. The highest BCUT2D eigenvalue weighted by Crippen LogP contribution is 2.43. The molecule has 0 aromatic heterocycles. The molecule has 141 heavy (non-hydrogen) atoms. The topological polar surface area (TPSA) is 700 Å². The summed E-state index contributed by atoms with van der Waals surface area (Å²) in [5.41, 5.74) is 0. The van der Waals surface area contributed by atoms with Gasteiger partial charge in [-0.25, -0.2) is 9.36 Å². The average molecular weight is 2040 g/mol. The summed E-state index contributed by atoms with van der Waals surface area (Å²) in [4.78, 5) is 287. The van der Waals surface area contributed by atoms with E-state index in [4.69, 9.17) is 18.5 Å². The molecule has 2 fully saturated rings. The highest BCUT2D eigenvalue weighted by Gasteiger charge is 2.43. The first-order valence-electron chi connectivity index (χ1n) is 48.2. The summed E-state index contributed by atoms with van der Waals surface area (Å²) >= 11 is 1.73. The number of esters is 2. The Morgan fingerprint density at radius 2 is 0.674 bits per heavy atom. The number of hydrogen-bond acceptors (Lipinski definition) is 28. The van der Waals surface area contributed by atoms with Crippen molar-refractivity contribution in [3.8, 4) is 0 Å². The molecule has 2 rings (SSSR count). The van der Waals surface area contributed by atoms with Gasteiger partial charge in [-0.3, -0.25) is 110 Å². The van der Waals surface area contributed by atoms with Crippen LogP contribution in [0.4, 0.5) is 4.79 Å². The largest absolute Gasteiger partial charge is 0.480 e. The zero-order valence-corrected chi connectivity index (χ0v) is 82.7. The molecule has 0 bridgehead atoms. The van der Waals surface area contributed by atoms with Gasteiger partial charge in [0.1, 0.15) is 65.7 Å². The van der Waals surface area contributed by atoms with E-state index in [0.717, 1.165) is 89.2 Å². The number of fused-ring (bicyclic) bond motifs is 1. The van der Waals surface area contributed by atoms with Crippen molar-refractivity contribution in [2.24, 2.45) is 0 Å². The molecule has 18 N–H and O–H groups in total. The molecule has 2 aliphatic heterocycles. The highest BCUT2D eigenvalue weighted by atomic mass is 32.2. The molecule has 51 heteroatoms. The Morgan fingerprint density at radius 1 is 0.362 bits per heavy atom. The van der Waals surface area contributed by atoms with Crippen molar-refractivity contribution < 1.29 is 154 Å². The Morgan fingerprint density at radius 3 is 1.04 bits per heavy atom. The maximum Gasteiger partial charge on any atom is 0.474 e. The number of nitrogens with zero attached hydrogens (tertiary/aromatic N) is 4. The molecule has 2 heterocycles. The van der Waals surface area contributed by atoms with E-state index in [-0.39, 0.29) is 68.3 Å². The van der Waals surface area contributed by atoms with E-state index in [0.29, 0.717) is 45.3 Å². The van der Waals surface area contributed by atoms with Crippen LogP contribution >= 0.6 is 19.6 Å². The summed E-state index contributed by atoms with van der Waals surface area (Å²) in [5.74, 6) is -21.0. The summed E-state index contributed by atoms with van der Waals surface area (Å²) in [7, 11) is -4.90. The van der Waals surface area contributed by atoms with Gasteiger partial charge in [-0.2, -0.15) is 11.8 Å². The number of hydrogen-bond donors (Lipinski definition) is 18. The maximum atomic E-state index is 13.0. The number of rotatable bonds is 84. The SMILES string of the molecule is CCCCCCCC/C=C/CCCCCCCC(=O)OCC(COP(=O)(O)OCNC(=O)CCCCC(=O)NCC(=O)NCC(=O)N(CC(=O)O)CC(=O)NCC(=O)NCC(=O)N(CC(=O)O)CC(=O)NCCNC(=O)CN(CC(=O)O)C(=O)CNC(=O)CNC(=O)CN(CC(=O)O)C(=O)CNC(=O)CNC(=O)CCCCC1SC[C@@H]2NC(=O)N[C@H]12)OC(=O)CCCCCCC/C=C/CCCCCCCC. The van der Waals surface area contributed by atoms with Gasteiger partial charge < -0.3 is 124 Å². The first-order valence-corrected chi connectivity index (χ1v) is 50.8. The number of carbonyl (C=O) groups excluding carboxylic acids is 18. The van der Waals surface area contributed by atoms with Gasteiger partial charge in [0.2, 0.25) is 88.6 Å². The van der Waals surface area contributed by atoms with Crippen LogP contribution < -0.4 is 69.1 Å². The maximum absolute atomic E-state index is 13.0. The van der Waals surface area contributed by atoms with E-state index in [1.165, 1.54) is 77.0 Å². The monoisotopic (exact) mass is 2040 g/mol. The van der Waals surface area contributed by atoms with E-state index in [1.807, 2.05) is 0 Å². The zero-order chi connectivity index (χ0) is 104. The van der Waals surface area contributed by atoms with Crippen LogP contribution in [0.5, 0.6) is 0 Å². The number of allylic oxidation sites excluding steroid dienone is 4. The van der Waals surface area contributed by atoms with Gasteiger partial charge in [0.05, 0.1) is 71.0 Å². The second kappa shape index (κ2) is 76.8. The number of phosphoric ester groups is 1. The molecule has 0 aromatic carbocycles.